The van der Waals surface area contributed by atoms with Gasteiger partial charge in [0.15, 0.2) is 0 Å². The molecule has 0 radical (unpaired) electrons. The Labute approximate surface area is 61.3 Å². The average molecular weight is 142 g/mol. The Kier molecular flexibility index (Phi) is 4.58. The summed E-state index contributed by atoms with van der Waals surface area (Å²) in [5, 5.41) is 2.63. The highest BCUT2D eigenvalue weighted by atomic mass is 16.2. The summed E-state index contributed by atoms with van der Waals surface area (Å²) in [4.78, 5) is 10.7. The van der Waals surface area contributed by atoms with Crippen LogP contribution in [-0.2, 0) is 4.79 Å². The molecule has 3 nitrogen and oxygen atoms in total. The summed E-state index contributed by atoms with van der Waals surface area (Å²) in [6, 6.07) is -0.412. The standard InChI is InChI=1S/C7H14N2O/c1-3-4-5-9-7(10)6(2)8/h3-4,6H,5,8H2,1-2H3,(H,9,10)/b4-3+/t6-/m1/s1. The van der Waals surface area contributed by atoms with Crippen LogP contribution in [0.5, 0.6) is 0 Å². The fourth-order valence-corrected chi connectivity index (χ4v) is 0.438. The minimum Gasteiger partial charge on any atom is -0.351 e. The fraction of sp³-hybridized carbons (Fsp3) is 0.571. The van der Waals surface area contributed by atoms with E-state index in [1.807, 2.05) is 19.1 Å². The third kappa shape index (κ3) is 4.09. The zero-order valence-electron chi connectivity index (χ0n) is 6.42. The topological polar surface area (TPSA) is 55.1 Å². The molecule has 0 aliphatic heterocycles. The van der Waals surface area contributed by atoms with Crippen molar-refractivity contribution in [2.75, 3.05) is 6.54 Å². The van der Waals surface area contributed by atoms with Crippen molar-refractivity contribution in [2.24, 2.45) is 5.73 Å². The molecule has 0 fully saturated rings. The van der Waals surface area contributed by atoms with E-state index in [0.717, 1.165) is 0 Å². The van der Waals surface area contributed by atoms with Crippen LogP contribution < -0.4 is 11.1 Å². The van der Waals surface area contributed by atoms with Crippen molar-refractivity contribution in [3.8, 4) is 0 Å². The maximum atomic E-state index is 10.7. The van der Waals surface area contributed by atoms with E-state index in [2.05, 4.69) is 5.32 Å². The number of carbonyl (C=O) groups is 1. The second kappa shape index (κ2) is 4.99. The van der Waals surface area contributed by atoms with Crippen LogP contribution in [-0.4, -0.2) is 18.5 Å². The summed E-state index contributed by atoms with van der Waals surface area (Å²) < 4.78 is 0. The molecule has 0 aromatic carbocycles. The van der Waals surface area contributed by atoms with Gasteiger partial charge >= 0.3 is 0 Å². The van der Waals surface area contributed by atoms with Crippen LogP contribution in [0.1, 0.15) is 13.8 Å². The molecule has 1 amide bonds. The van der Waals surface area contributed by atoms with Gasteiger partial charge in [0, 0.05) is 6.54 Å². The Bertz CT molecular complexity index is 130. The maximum Gasteiger partial charge on any atom is 0.236 e. The third-order valence-electron chi connectivity index (χ3n) is 1.04. The normalized spacial score (nSPS) is 13.5. The predicted octanol–water partition coefficient (Wildman–Crippen LogP) is 0.0259. The number of nitrogens with two attached hydrogens (primary N) is 1. The third-order valence-corrected chi connectivity index (χ3v) is 1.04. The van der Waals surface area contributed by atoms with Crippen LogP contribution in [0.25, 0.3) is 0 Å². The lowest BCUT2D eigenvalue weighted by Crippen LogP contribution is -2.38. The minimum absolute atomic E-state index is 0.113. The van der Waals surface area contributed by atoms with Crippen LogP contribution in [0, 0.1) is 0 Å². The first-order valence-corrected chi connectivity index (χ1v) is 3.33. The van der Waals surface area contributed by atoms with E-state index in [1.165, 1.54) is 0 Å². The van der Waals surface area contributed by atoms with Crippen molar-refractivity contribution in [1.29, 1.82) is 0 Å². The second-order valence-electron chi connectivity index (χ2n) is 2.10. The zero-order chi connectivity index (χ0) is 7.98. The molecule has 3 N–H and O–H groups in total. The molecule has 0 heterocycles. The zero-order valence-corrected chi connectivity index (χ0v) is 6.42. The Morgan fingerprint density at radius 3 is 2.80 bits per heavy atom. The lowest BCUT2D eigenvalue weighted by atomic mass is 10.3. The number of hydrogen-bond donors (Lipinski definition) is 2. The van der Waals surface area contributed by atoms with Gasteiger partial charge in [-0.3, -0.25) is 4.79 Å². The van der Waals surface area contributed by atoms with Gasteiger partial charge < -0.3 is 11.1 Å². The first-order valence-electron chi connectivity index (χ1n) is 3.33. The highest BCUT2D eigenvalue weighted by Gasteiger charge is 2.03. The van der Waals surface area contributed by atoms with Gasteiger partial charge in [-0.1, -0.05) is 12.2 Å². The summed E-state index contributed by atoms with van der Waals surface area (Å²) in [5.74, 6) is -0.113. The van der Waals surface area contributed by atoms with E-state index in [4.69, 9.17) is 5.73 Å². The Balaban J connectivity index is 3.40. The van der Waals surface area contributed by atoms with Gasteiger partial charge in [0.1, 0.15) is 0 Å². The van der Waals surface area contributed by atoms with Crippen molar-refractivity contribution in [1.82, 2.24) is 5.32 Å². The smallest absolute Gasteiger partial charge is 0.236 e. The molecule has 0 aliphatic rings. The lowest BCUT2D eigenvalue weighted by molar-refractivity contribution is -0.121. The number of rotatable bonds is 3. The Morgan fingerprint density at radius 2 is 2.40 bits per heavy atom. The van der Waals surface area contributed by atoms with Crippen LogP contribution in [0.2, 0.25) is 0 Å². The maximum absolute atomic E-state index is 10.7. The number of nitrogens with one attached hydrogen (secondary N) is 1. The van der Waals surface area contributed by atoms with Gasteiger partial charge in [-0.2, -0.15) is 0 Å². The summed E-state index contributed by atoms with van der Waals surface area (Å²) >= 11 is 0. The highest BCUT2D eigenvalue weighted by Crippen LogP contribution is 1.74. The first kappa shape index (κ1) is 9.17. The number of amides is 1. The highest BCUT2D eigenvalue weighted by molar-refractivity contribution is 5.81. The molecule has 0 spiro atoms. The molecule has 3 heteroatoms. The van der Waals surface area contributed by atoms with E-state index < -0.39 is 6.04 Å². The quantitative estimate of drug-likeness (QED) is 0.546. The molecular weight excluding hydrogens is 128 g/mol. The predicted molar refractivity (Wildman–Crippen MR) is 41.5 cm³/mol. The van der Waals surface area contributed by atoms with Gasteiger partial charge in [-0.05, 0) is 13.8 Å². The second-order valence-corrected chi connectivity index (χ2v) is 2.10. The van der Waals surface area contributed by atoms with Gasteiger partial charge in [-0.15, -0.1) is 0 Å². The van der Waals surface area contributed by atoms with Crippen molar-refractivity contribution >= 4 is 5.91 Å². The summed E-state index contributed by atoms with van der Waals surface area (Å²) in [6.07, 6.45) is 3.74. The SMILES string of the molecule is C/C=C/CNC(=O)[C@@H](C)N. The van der Waals surface area contributed by atoms with E-state index in [1.54, 1.807) is 6.92 Å². The van der Waals surface area contributed by atoms with Gasteiger partial charge in [-0.25, -0.2) is 0 Å². The van der Waals surface area contributed by atoms with Gasteiger partial charge in [0.05, 0.1) is 6.04 Å². The van der Waals surface area contributed by atoms with Gasteiger partial charge in [0.2, 0.25) is 5.91 Å². The van der Waals surface area contributed by atoms with Crippen molar-refractivity contribution in [2.45, 2.75) is 19.9 Å². The molecule has 0 bridgehead atoms. The van der Waals surface area contributed by atoms with Crippen molar-refractivity contribution < 1.29 is 4.79 Å². The van der Waals surface area contributed by atoms with Crippen molar-refractivity contribution in [3.05, 3.63) is 12.2 Å². The molecule has 0 rings (SSSR count). The van der Waals surface area contributed by atoms with E-state index in [-0.39, 0.29) is 5.91 Å². The molecule has 0 aromatic heterocycles. The molecule has 1 atom stereocenters. The van der Waals surface area contributed by atoms with Crippen LogP contribution in [0.4, 0.5) is 0 Å². The molecule has 0 saturated carbocycles. The summed E-state index contributed by atoms with van der Waals surface area (Å²) in [5.41, 5.74) is 5.28. The first-order chi connectivity index (χ1) is 4.68. The molecule has 10 heavy (non-hydrogen) atoms. The average Bonchev–Trinajstić information content (AvgIpc) is 1.88. The van der Waals surface area contributed by atoms with E-state index in [0.29, 0.717) is 6.54 Å². The van der Waals surface area contributed by atoms with Crippen LogP contribution in [0.15, 0.2) is 12.2 Å². The monoisotopic (exact) mass is 142 g/mol. The van der Waals surface area contributed by atoms with Crippen LogP contribution >= 0.6 is 0 Å². The Morgan fingerprint density at radius 1 is 1.80 bits per heavy atom. The minimum atomic E-state index is -0.412. The molecular formula is C7H14N2O. The molecule has 0 unspecified atom stereocenters. The number of carbonyl (C=O) groups excluding carboxylic acids is 1. The summed E-state index contributed by atoms with van der Waals surface area (Å²) in [6.45, 7) is 4.12. The van der Waals surface area contributed by atoms with Crippen molar-refractivity contribution in [3.63, 3.8) is 0 Å². The van der Waals surface area contributed by atoms with E-state index in [9.17, 15) is 4.79 Å². The van der Waals surface area contributed by atoms with Crippen LogP contribution in [0.3, 0.4) is 0 Å². The molecule has 58 valence electrons. The Hall–Kier alpha value is -0.830. The largest absolute Gasteiger partial charge is 0.351 e. The summed E-state index contributed by atoms with van der Waals surface area (Å²) in [7, 11) is 0. The molecule has 0 saturated heterocycles. The molecule has 0 aromatic rings. The number of hydrogen-bond acceptors (Lipinski definition) is 2. The lowest BCUT2D eigenvalue weighted by Gasteiger charge is -2.03. The number of allylic oxidation sites excluding steroid dienone is 1. The molecule has 0 aliphatic carbocycles. The fourth-order valence-electron chi connectivity index (χ4n) is 0.438. The van der Waals surface area contributed by atoms with E-state index >= 15 is 0 Å². The van der Waals surface area contributed by atoms with Gasteiger partial charge in [0.25, 0.3) is 0 Å².